The van der Waals surface area contributed by atoms with E-state index in [9.17, 15) is 14.4 Å². The van der Waals surface area contributed by atoms with Crippen LogP contribution in [0.15, 0.2) is 29.4 Å². The van der Waals surface area contributed by atoms with Crippen molar-refractivity contribution in [1.29, 1.82) is 0 Å². The predicted octanol–water partition coefficient (Wildman–Crippen LogP) is 2.44. The lowest BCUT2D eigenvalue weighted by Gasteiger charge is -2.19. The lowest BCUT2D eigenvalue weighted by Crippen LogP contribution is -2.34. The van der Waals surface area contributed by atoms with Gasteiger partial charge in [-0.3, -0.25) is 4.79 Å². The minimum Gasteiger partial charge on any atom is -0.461 e. The number of carbonyl (C=O) groups is 3. The summed E-state index contributed by atoms with van der Waals surface area (Å²) in [6, 6.07) is 6.74. The molecule has 0 aliphatic carbocycles. The summed E-state index contributed by atoms with van der Waals surface area (Å²) < 4.78 is 9.78. The van der Waals surface area contributed by atoms with E-state index in [1.165, 1.54) is 0 Å². The molecule has 0 aliphatic rings. The molecule has 0 bridgehead atoms. The summed E-state index contributed by atoms with van der Waals surface area (Å²) in [6.07, 6.45) is -0.839. The van der Waals surface area contributed by atoms with Crippen LogP contribution in [0, 0.1) is 0 Å². The lowest BCUT2D eigenvalue weighted by atomic mass is 10.2. The molecule has 0 aromatic heterocycles. The highest BCUT2D eigenvalue weighted by molar-refractivity contribution is 6.67. The summed E-state index contributed by atoms with van der Waals surface area (Å²) in [5.74, 6) is -2.20. The van der Waals surface area contributed by atoms with Crippen molar-refractivity contribution in [2.45, 2.75) is 13.8 Å². The van der Waals surface area contributed by atoms with E-state index in [4.69, 9.17) is 21.1 Å². The Bertz CT molecular complexity index is 673. The molecule has 0 N–H and O–H groups in total. The number of hydrogen-bond acceptors (Lipinski definition) is 7. The van der Waals surface area contributed by atoms with Gasteiger partial charge in [0.15, 0.2) is 0 Å². The SMILES string of the molecule is CCOC(=O)/C(=N\N(C(=O)OCC)c1ccc(N(C)C)cc1)C(=O)CCl. The highest BCUT2D eigenvalue weighted by Crippen LogP contribution is 2.21. The van der Waals surface area contributed by atoms with Crippen LogP contribution in [0.1, 0.15) is 13.8 Å². The number of anilines is 2. The number of Topliss-reactive ketones (excluding diaryl/α,β-unsaturated/α-hetero) is 1. The van der Waals surface area contributed by atoms with Gasteiger partial charge >= 0.3 is 12.1 Å². The first-order valence-corrected chi connectivity index (χ1v) is 8.48. The molecule has 0 atom stereocenters. The van der Waals surface area contributed by atoms with Gasteiger partial charge in [-0.2, -0.15) is 10.1 Å². The molecule has 8 nitrogen and oxygen atoms in total. The summed E-state index contributed by atoms with van der Waals surface area (Å²) in [7, 11) is 3.74. The third-order valence-electron chi connectivity index (χ3n) is 3.11. The van der Waals surface area contributed by atoms with Gasteiger partial charge in [0.25, 0.3) is 0 Å². The summed E-state index contributed by atoms with van der Waals surface area (Å²) in [4.78, 5) is 38.1. The number of hydrazone groups is 1. The molecule has 1 rings (SSSR count). The van der Waals surface area contributed by atoms with Crippen molar-refractivity contribution in [3.8, 4) is 0 Å². The van der Waals surface area contributed by atoms with E-state index in [1.807, 2.05) is 19.0 Å². The molecule has 0 radical (unpaired) electrons. The number of benzene rings is 1. The summed E-state index contributed by atoms with van der Waals surface area (Å²) in [5.41, 5.74) is 0.633. The maximum Gasteiger partial charge on any atom is 0.435 e. The summed E-state index contributed by atoms with van der Waals surface area (Å²) in [6.45, 7) is 3.36. The molecule has 0 saturated carbocycles. The predicted molar refractivity (Wildman–Crippen MR) is 100 cm³/mol. The van der Waals surface area contributed by atoms with Crippen LogP contribution in [0.5, 0.6) is 0 Å². The Kier molecular flexibility index (Phi) is 8.57. The van der Waals surface area contributed by atoms with Crippen molar-refractivity contribution < 1.29 is 23.9 Å². The molecule has 0 saturated heterocycles. The van der Waals surface area contributed by atoms with Crippen molar-refractivity contribution in [3.05, 3.63) is 24.3 Å². The van der Waals surface area contributed by atoms with Gasteiger partial charge < -0.3 is 14.4 Å². The van der Waals surface area contributed by atoms with Crippen LogP contribution >= 0.6 is 11.6 Å². The van der Waals surface area contributed by atoms with Crippen LogP contribution in [0.4, 0.5) is 16.2 Å². The minimum absolute atomic E-state index is 0.0460. The number of hydrogen-bond donors (Lipinski definition) is 0. The van der Waals surface area contributed by atoms with Gasteiger partial charge in [0, 0.05) is 19.8 Å². The topological polar surface area (TPSA) is 88.5 Å². The molecule has 1 aromatic rings. The number of ether oxygens (including phenoxy) is 2. The van der Waals surface area contributed by atoms with Crippen molar-refractivity contribution in [2.24, 2.45) is 5.10 Å². The molecule has 0 heterocycles. The maximum atomic E-state index is 12.3. The van der Waals surface area contributed by atoms with E-state index in [0.29, 0.717) is 5.69 Å². The Morgan fingerprint density at radius 1 is 1.00 bits per heavy atom. The number of rotatable bonds is 8. The number of amides is 1. The van der Waals surface area contributed by atoms with Gasteiger partial charge in [0.1, 0.15) is 0 Å². The first-order valence-electron chi connectivity index (χ1n) is 7.94. The fourth-order valence-corrected chi connectivity index (χ4v) is 1.98. The second-order valence-corrected chi connectivity index (χ2v) is 5.41. The molecule has 0 spiro atoms. The number of alkyl halides is 1. The Labute approximate surface area is 157 Å². The normalized spacial score (nSPS) is 10.9. The summed E-state index contributed by atoms with van der Waals surface area (Å²) in [5, 5.41) is 4.71. The van der Waals surface area contributed by atoms with Crippen molar-refractivity contribution >= 4 is 46.5 Å². The van der Waals surface area contributed by atoms with Crippen LogP contribution in [0.2, 0.25) is 0 Å². The van der Waals surface area contributed by atoms with Crippen molar-refractivity contribution in [2.75, 3.05) is 43.1 Å². The first kappa shape index (κ1) is 21.4. The number of esters is 1. The molecule has 0 unspecified atom stereocenters. The number of nitrogens with zero attached hydrogens (tertiary/aromatic N) is 3. The first-order chi connectivity index (χ1) is 12.3. The minimum atomic E-state index is -0.961. The average molecular weight is 384 g/mol. The van der Waals surface area contributed by atoms with Gasteiger partial charge in [-0.05, 0) is 38.1 Å². The zero-order valence-electron chi connectivity index (χ0n) is 15.2. The maximum absolute atomic E-state index is 12.3. The van der Waals surface area contributed by atoms with Crippen LogP contribution in [0.3, 0.4) is 0 Å². The lowest BCUT2D eigenvalue weighted by molar-refractivity contribution is -0.135. The van der Waals surface area contributed by atoms with Crippen LogP contribution < -0.4 is 9.91 Å². The van der Waals surface area contributed by atoms with E-state index < -0.39 is 29.4 Å². The molecule has 9 heteroatoms. The van der Waals surface area contributed by atoms with E-state index >= 15 is 0 Å². The van der Waals surface area contributed by atoms with Crippen LogP contribution in [-0.2, 0) is 19.1 Å². The molecule has 1 aromatic carbocycles. The highest BCUT2D eigenvalue weighted by Gasteiger charge is 2.26. The quantitative estimate of drug-likeness (QED) is 0.225. The van der Waals surface area contributed by atoms with Crippen molar-refractivity contribution in [1.82, 2.24) is 0 Å². The third kappa shape index (κ3) is 5.73. The van der Waals surface area contributed by atoms with E-state index in [1.54, 1.807) is 38.1 Å². The van der Waals surface area contributed by atoms with Crippen molar-refractivity contribution in [3.63, 3.8) is 0 Å². The van der Waals surface area contributed by atoms with Gasteiger partial charge in [-0.15, -0.1) is 11.6 Å². The molecule has 142 valence electrons. The second kappa shape index (κ2) is 10.4. The largest absolute Gasteiger partial charge is 0.461 e. The van der Waals surface area contributed by atoms with Gasteiger partial charge in [-0.1, -0.05) is 0 Å². The van der Waals surface area contributed by atoms with E-state index in [0.717, 1.165) is 10.7 Å². The molecular formula is C17H22ClN3O5. The number of ketones is 1. The average Bonchev–Trinajstić information content (AvgIpc) is 2.62. The zero-order valence-corrected chi connectivity index (χ0v) is 15.9. The number of halogens is 1. The second-order valence-electron chi connectivity index (χ2n) is 5.15. The molecule has 0 fully saturated rings. The van der Waals surface area contributed by atoms with E-state index in [2.05, 4.69) is 5.10 Å². The fourth-order valence-electron chi connectivity index (χ4n) is 1.85. The smallest absolute Gasteiger partial charge is 0.435 e. The van der Waals surface area contributed by atoms with Gasteiger partial charge in [0.2, 0.25) is 11.5 Å². The van der Waals surface area contributed by atoms with Gasteiger partial charge in [0.05, 0.1) is 24.8 Å². The Hall–Kier alpha value is -2.61. The fraction of sp³-hybridized carbons (Fsp3) is 0.412. The third-order valence-corrected chi connectivity index (χ3v) is 3.35. The zero-order chi connectivity index (χ0) is 19.7. The van der Waals surface area contributed by atoms with Crippen LogP contribution in [0.25, 0.3) is 0 Å². The highest BCUT2D eigenvalue weighted by atomic mass is 35.5. The molecule has 26 heavy (non-hydrogen) atoms. The molecule has 1 amide bonds. The summed E-state index contributed by atoms with van der Waals surface area (Å²) >= 11 is 5.54. The van der Waals surface area contributed by atoms with Crippen LogP contribution in [-0.4, -0.2) is 56.7 Å². The molecule has 0 aliphatic heterocycles. The van der Waals surface area contributed by atoms with E-state index in [-0.39, 0.29) is 13.2 Å². The Morgan fingerprint density at radius 3 is 2.00 bits per heavy atom. The Morgan fingerprint density at radius 2 is 1.54 bits per heavy atom. The monoisotopic (exact) mass is 383 g/mol. The number of carbonyl (C=O) groups excluding carboxylic acids is 3. The standard InChI is InChI=1S/C17H22ClN3O5/c1-5-25-16(23)15(14(22)11-18)19-21(17(24)26-6-2)13-9-7-12(8-10-13)20(3)4/h7-10H,5-6,11H2,1-4H3/b19-15-. The molecular weight excluding hydrogens is 362 g/mol. The Balaban J connectivity index is 3.36. The van der Waals surface area contributed by atoms with Gasteiger partial charge in [-0.25, -0.2) is 9.59 Å².